The molecule has 4 nitrogen and oxygen atoms in total. The smallest absolute Gasteiger partial charge is 0.387 e. The minimum absolute atomic E-state index is 0.129. The Kier molecular flexibility index (Phi) is 5.26. The van der Waals surface area contributed by atoms with Crippen LogP contribution >= 0.6 is 0 Å². The van der Waals surface area contributed by atoms with Crippen LogP contribution in [0.1, 0.15) is 17.2 Å². The van der Waals surface area contributed by atoms with E-state index in [1.54, 1.807) is 0 Å². The van der Waals surface area contributed by atoms with Crippen molar-refractivity contribution in [2.24, 2.45) is 0 Å². The standard InChI is InChI=1S/C15H13F4NO3S/c16-12-5-7-13(8-6-12)24(22,23)20-9-14(21)10-1-3-11(4-2-10)15(17,18)19/h1-8,14,20-21H,9H2. The molecule has 0 heterocycles. The summed E-state index contributed by atoms with van der Waals surface area (Å²) in [5, 5.41) is 9.90. The largest absolute Gasteiger partial charge is 0.416 e. The van der Waals surface area contributed by atoms with Crippen molar-refractivity contribution < 1.29 is 31.1 Å². The normalized spacial score (nSPS) is 13.7. The minimum Gasteiger partial charge on any atom is -0.387 e. The molecule has 0 saturated heterocycles. The number of benzene rings is 2. The number of rotatable bonds is 5. The maximum atomic E-state index is 12.8. The van der Waals surface area contributed by atoms with E-state index in [1.165, 1.54) is 0 Å². The summed E-state index contributed by atoms with van der Waals surface area (Å²) in [4.78, 5) is -0.191. The van der Waals surface area contributed by atoms with Gasteiger partial charge in [0, 0.05) is 6.54 Å². The third kappa shape index (κ3) is 4.53. The third-order valence-electron chi connectivity index (χ3n) is 3.21. The van der Waals surface area contributed by atoms with E-state index in [2.05, 4.69) is 4.72 Å². The molecule has 130 valence electrons. The van der Waals surface area contributed by atoms with Gasteiger partial charge in [-0.3, -0.25) is 0 Å². The van der Waals surface area contributed by atoms with Gasteiger partial charge >= 0.3 is 6.18 Å². The maximum Gasteiger partial charge on any atom is 0.416 e. The first kappa shape index (κ1) is 18.4. The maximum absolute atomic E-state index is 12.8. The van der Waals surface area contributed by atoms with Gasteiger partial charge in [0.15, 0.2) is 0 Å². The number of halogens is 4. The zero-order valence-corrected chi connectivity index (χ0v) is 12.9. The molecule has 9 heteroatoms. The molecular weight excluding hydrogens is 350 g/mol. The highest BCUT2D eigenvalue weighted by molar-refractivity contribution is 7.89. The molecule has 0 aliphatic carbocycles. The SMILES string of the molecule is O=S(=O)(NCC(O)c1ccc(C(F)(F)F)cc1)c1ccc(F)cc1. The van der Waals surface area contributed by atoms with Crippen LogP contribution in [0, 0.1) is 5.82 Å². The zero-order valence-electron chi connectivity index (χ0n) is 12.1. The van der Waals surface area contributed by atoms with Gasteiger partial charge < -0.3 is 5.11 Å². The zero-order chi connectivity index (χ0) is 18.0. The lowest BCUT2D eigenvalue weighted by atomic mass is 10.1. The fourth-order valence-corrected chi connectivity index (χ4v) is 2.94. The third-order valence-corrected chi connectivity index (χ3v) is 4.65. The quantitative estimate of drug-likeness (QED) is 0.803. The summed E-state index contributed by atoms with van der Waals surface area (Å²) in [6.45, 7) is -0.439. The van der Waals surface area contributed by atoms with E-state index in [-0.39, 0.29) is 10.5 Å². The van der Waals surface area contributed by atoms with E-state index in [0.29, 0.717) is 0 Å². The van der Waals surface area contributed by atoms with Crippen molar-refractivity contribution >= 4 is 10.0 Å². The average molecular weight is 363 g/mol. The van der Waals surface area contributed by atoms with Gasteiger partial charge in [0.1, 0.15) is 5.82 Å². The topological polar surface area (TPSA) is 66.4 Å². The van der Waals surface area contributed by atoms with E-state index in [1.807, 2.05) is 0 Å². The molecule has 0 aromatic heterocycles. The Balaban J connectivity index is 2.04. The fourth-order valence-electron chi connectivity index (χ4n) is 1.90. The molecule has 0 fully saturated rings. The second-order valence-corrected chi connectivity index (χ2v) is 6.71. The minimum atomic E-state index is -4.49. The molecule has 0 spiro atoms. The molecule has 0 aliphatic rings. The molecule has 0 saturated carbocycles. The lowest BCUT2D eigenvalue weighted by Gasteiger charge is -2.14. The lowest BCUT2D eigenvalue weighted by molar-refractivity contribution is -0.137. The Bertz CT molecular complexity index is 787. The predicted molar refractivity (Wildman–Crippen MR) is 78.0 cm³/mol. The number of hydrogen-bond donors (Lipinski definition) is 2. The Morgan fingerprint density at radius 3 is 2.04 bits per heavy atom. The number of alkyl halides is 3. The first-order valence-corrected chi connectivity index (χ1v) is 8.18. The fraction of sp³-hybridized carbons (Fsp3) is 0.200. The highest BCUT2D eigenvalue weighted by Gasteiger charge is 2.30. The highest BCUT2D eigenvalue weighted by Crippen LogP contribution is 2.29. The number of aliphatic hydroxyl groups excluding tert-OH is 1. The van der Waals surface area contributed by atoms with Crippen LogP contribution in [0.3, 0.4) is 0 Å². The summed E-state index contributed by atoms with van der Waals surface area (Å²) in [7, 11) is -3.97. The first-order chi connectivity index (χ1) is 11.1. The predicted octanol–water partition coefficient (Wildman–Crippen LogP) is 2.86. The van der Waals surface area contributed by atoms with Crippen molar-refractivity contribution in [3.8, 4) is 0 Å². The summed E-state index contributed by atoms with van der Waals surface area (Å²) < 4.78 is 76.2. The molecule has 2 aromatic carbocycles. The van der Waals surface area contributed by atoms with Crippen molar-refractivity contribution in [1.82, 2.24) is 4.72 Å². The molecule has 1 unspecified atom stereocenters. The van der Waals surface area contributed by atoms with E-state index in [0.717, 1.165) is 48.5 Å². The van der Waals surface area contributed by atoms with Crippen LogP contribution in [0.15, 0.2) is 53.4 Å². The monoisotopic (exact) mass is 363 g/mol. The molecular formula is C15H13F4NO3S. The van der Waals surface area contributed by atoms with E-state index >= 15 is 0 Å². The van der Waals surface area contributed by atoms with Gasteiger partial charge in [-0.25, -0.2) is 17.5 Å². The van der Waals surface area contributed by atoms with Gasteiger partial charge in [-0.1, -0.05) is 12.1 Å². The van der Waals surface area contributed by atoms with Crippen molar-refractivity contribution in [1.29, 1.82) is 0 Å². The molecule has 0 bridgehead atoms. The van der Waals surface area contributed by atoms with Gasteiger partial charge in [0.05, 0.1) is 16.6 Å². The molecule has 0 aliphatic heterocycles. The van der Waals surface area contributed by atoms with Crippen LogP contribution in [0.25, 0.3) is 0 Å². The van der Waals surface area contributed by atoms with Crippen LogP contribution < -0.4 is 4.72 Å². The van der Waals surface area contributed by atoms with E-state index < -0.39 is 40.2 Å². The van der Waals surface area contributed by atoms with Crippen molar-refractivity contribution in [3.63, 3.8) is 0 Å². The second-order valence-electron chi connectivity index (χ2n) is 4.94. The number of aliphatic hydroxyl groups is 1. The van der Waals surface area contributed by atoms with E-state index in [4.69, 9.17) is 0 Å². The van der Waals surface area contributed by atoms with Crippen molar-refractivity contribution in [3.05, 3.63) is 65.5 Å². The Labute approximate surface area is 135 Å². The Morgan fingerprint density at radius 2 is 1.54 bits per heavy atom. The van der Waals surface area contributed by atoms with Gasteiger partial charge in [0.25, 0.3) is 0 Å². The Morgan fingerprint density at radius 1 is 1.00 bits per heavy atom. The number of sulfonamides is 1. The van der Waals surface area contributed by atoms with Gasteiger partial charge in [-0.05, 0) is 42.0 Å². The van der Waals surface area contributed by atoms with Crippen LogP contribution in [0.5, 0.6) is 0 Å². The summed E-state index contributed by atoms with van der Waals surface area (Å²) in [6.07, 6.45) is -5.82. The summed E-state index contributed by atoms with van der Waals surface area (Å²) in [5.74, 6) is -0.598. The first-order valence-electron chi connectivity index (χ1n) is 6.70. The van der Waals surface area contributed by atoms with Crippen LogP contribution in [0.4, 0.5) is 17.6 Å². The van der Waals surface area contributed by atoms with Crippen LogP contribution in [-0.4, -0.2) is 20.1 Å². The molecule has 2 N–H and O–H groups in total. The van der Waals surface area contributed by atoms with Crippen LogP contribution in [0.2, 0.25) is 0 Å². The molecule has 1 atom stereocenters. The highest BCUT2D eigenvalue weighted by atomic mass is 32.2. The van der Waals surface area contributed by atoms with Crippen molar-refractivity contribution in [2.45, 2.75) is 17.2 Å². The van der Waals surface area contributed by atoms with Crippen LogP contribution in [-0.2, 0) is 16.2 Å². The summed E-state index contributed by atoms with van der Waals surface area (Å²) >= 11 is 0. The lowest BCUT2D eigenvalue weighted by Crippen LogP contribution is -2.28. The molecule has 2 aromatic rings. The molecule has 2 rings (SSSR count). The summed E-state index contributed by atoms with van der Waals surface area (Å²) in [6, 6.07) is 7.80. The van der Waals surface area contributed by atoms with E-state index in [9.17, 15) is 31.1 Å². The number of hydrogen-bond acceptors (Lipinski definition) is 3. The van der Waals surface area contributed by atoms with Gasteiger partial charge in [0.2, 0.25) is 10.0 Å². The van der Waals surface area contributed by atoms with Gasteiger partial charge in [-0.15, -0.1) is 0 Å². The Hall–Kier alpha value is -1.97. The van der Waals surface area contributed by atoms with Crippen molar-refractivity contribution in [2.75, 3.05) is 6.54 Å². The van der Waals surface area contributed by atoms with Gasteiger partial charge in [-0.2, -0.15) is 13.2 Å². The second kappa shape index (κ2) is 6.88. The number of nitrogens with one attached hydrogen (secondary N) is 1. The molecule has 0 amide bonds. The molecule has 24 heavy (non-hydrogen) atoms. The summed E-state index contributed by atoms with van der Waals surface area (Å²) in [5.41, 5.74) is -0.741. The average Bonchev–Trinajstić information content (AvgIpc) is 2.52. The molecule has 0 radical (unpaired) electrons.